The van der Waals surface area contributed by atoms with Crippen molar-refractivity contribution in [1.29, 1.82) is 0 Å². The van der Waals surface area contributed by atoms with E-state index in [0.29, 0.717) is 19.6 Å². The van der Waals surface area contributed by atoms with E-state index in [9.17, 15) is 9.59 Å². The lowest BCUT2D eigenvalue weighted by molar-refractivity contribution is -0.118. The van der Waals surface area contributed by atoms with Crippen LogP contribution in [0.2, 0.25) is 0 Å². The monoisotopic (exact) mass is 366 g/mol. The van der Waals surface area contributed by atoms with Crippen molar-refractivity contribution < 1.29 is 9.59 Å². The normalized spacial score (nSPS) is 13.0. The largest absolute Gasteiger partial charge is 0.398 e. The van der Waals surface area contributed by atoms with Gasteiger partial charge in [-0.1, -0.05) is 36.4 Å². The van der Waals surface area contributed by atoms with Gasteiger partial charge in [0.25, 0.3) is 0 Å². The molecule has 6 nitrogen and oxygen atoms in total. The Kier molecular flexibility index (Phi) is 5.96. The maximum Gasteiger partial charge on any atom is 0.317 e. The number of nitrogens with zero attached hydrogens (tertiary/aromatic N) is 2. The molecular weight excluding hydrogens is 340 g/mol. The van der Waals surface area contributed by atoms with Crippen LogP contribution in [-0.4, -0.2) is 37.0 Å². The van der Waals surface area contributed by atoms with Gasteiger partial charge in [0.1, 0.15) is 0 Å². The third-order valence-corrected chi connectivity index (χ3v) is 4.81. The third kappa shape index (κ3) is 4.58. The molecule has 1 aliphatic heterocycles. The number of carbonyl (C=O) groups excluding carboxylic acids is 2. The van der Waals surface area contributed by atoms with Crippen LogP contribution in [0.4, 0.5) is 16.2 Å². The van der Waals surface area contributed by atoms with Crippen molar-refractivity contribution in [2.24, 2.45) is 0 Å². The van der Waals surface area contributed by atoms with Gasteiger partial charge in [-0.05, 0) is 36.1 Å². The van der Waals surface area contributed by atoms with Gasteiger partial charge in [-0.25, -0.2) is 4.79 Å². The van der Waals surface area contributed by atoms with Gasteiger partial charge in [-0.2, -0.15) is 0 Å². The van der Waals surface area contributed by atoms with Crippen LogP contribution in [0.25, 0.3) is 0 Å². The zero-order valence-corrected chi connectivity index (χ0v) is 15.6. The lowest BCUT2D eigenvalue weighted by Crippen LogP contribution is -2.40. The quantitative estimate of drug-likeness (QED) is 0.799. The predicted molar refractivity (Wildman–Crippen MR) is 107 cm³/mol. The van der Waals surface area contributed by atoms with Gasteiger partial charge in [0.15, 0.2) is 0 Å². The molecule has 0 radical (unpaired) electrons. The van der Waals surface area contributed by atoms with Gasteiger partial charge >= 0.3 is 6.03 Å². The summed E-state index contributed by atoms with van der Waals surface area (Å²) >= 11 is 0. The van der Waals surface area contributed by atoms with E-state index in [4.69, 9.17) is 5.73 Å². The molecule has 0 aromatic heterocycles. The van der Waals surface area contributed by atoms with E-state index < -0.39 is 0 Å². The number of hydrogen-bond donors (Lipinski definition) is 2. The number of nitrogens with two attached hydrogens (primary N) is 1. The first-order valence-corrected chi connectivity index (χ1v) is 9.27. The number of urea groups is 1. The summed E-state index contributed by atoms with van der Waals surface area (Å²) in [4.78, 5) is 28.3. The van der Waals surface area contributed by atoms with Gasteiger partial charge in [-0.15, -0.1) is 0 Å². The number of nitrogen functional groups attached to an aromatic ring is 1. The Morgan fingerprint density at radius 1 is 1.15 bits per heavy atom. The molecule has 0 spiro atoms. The first-order chi connectivity index (χ1) is 13.1. The fourth-order valence-corrected chi connectivity index (χ4v) is 3.39. The van der Waals surface area contributed by atoms with Crippen molar-refractivity contribution in [2.45, 2.75) is 25.8 Å². The van der Waals surface area contributed by atoms with E-state index in [0.717, 1.165) is 35.3 Å². The highest BCUT2D eigenvalue weighted by Gasteiger charge is 2.23. The maximum absolute atomic E-state index is 12.6. The van der Waals surface area contributed by atoms with Crippen molar-refractivity contribution in [2.75, 3.05) is 30.8 Å². The fourth-order valence-electron chi connectivity index (χ4n) is 3.39. The Morgan fingerprint density at radius 2 is 1.93 bits per heavy atom. The van der Waals surface area contributed by atoms with Crippen molar-refractivity contribution in [3.8, 4) is 0 Å². The zero-order valence-electron chi connectivity index (χ0n) is 15.6. The summed E-state index contributed by atoms with van der Waals surface area (Å²) in [5, 5.41) is 2.82. The Balaban J connectivity index is 1.50. The minimum atomic E-state index is -0.185. The predicted octanol–water partition coefficient (Wildman–Crippen LogP) is 2.78. The number of fused-ring (bicyclic) bond motifs is 1. The minimum Gasteiger partial charge on any atom is -0.398 e. The first-order valence-electron chi connectivity index (χ1n) is 9.27. The molecule has 0 saturated carbocycles. The summed E-state index contributed by atoms with van der Waals surface area (Å²) in [6, 6.07) is 15.3. The average molecular weight is 366 g/mol. The van der Waals surface area contributed by atoms with E-state index in [1.165, 1.54) is 0 Å². The highest BCUT2D eigenvalue weighted by molar-refractivity contribution is 5.95. The number of benzene rings is 2. The van der Waals surface area contributed by atoms with Gasteiger partial charge < -0.3 is 20.9 Å². The molecule has 3 N–H and O–H groups in total. The fraction of sp³-hybridized carbons (Fsp3) is 0.333. The van der Waals surface area contributed by atoms with Crippen LogP contribution in [0.1, 0.15) is 24.0 Å². The highest BCUT2D eigenvalue weighted by atomic mass is 16.2. The summed E-state index contributed by atoms with van der Waals surface area (Å²) in [5.74, 6) is 0.00700. The number of amides is 3. The molecule has 2 aromatic rings. The molecule has 2 aromatic carbocycles. The summed E-state index contributed by atoms with van der Waals surface area (Å²) in [5.41, 5.74) is 9.79. The van der Waals surface area contributed by atoms with Crippen LogP contribution in [0.15, 0.2) is 48.5 Å². The molecule has 0 aliphatic carbocycles. The van der Waals surface area contributed by atoms with E-state index in [-0.39, 0.29) is 18.4 Å². The van der Waals surface area contributed by atoms with Crippen molar-refractivity contribution >= 4 is 23.3 Å². The standard InChI is InChI=1S/C21H26N4O2/c1-24(15-16-7-3-2-4-8-16)21(27)23-13-12-20(26)25-14-6-9-17-18(22)10-5-11-19(17)25/h2-5,7-8,10-11H,6,9,12-15,22H2,1H3,(H,23,27). The molecule has 6 heteroatoms. The van der Waals surface area contributed by atoms with Crippen molar-refractivity contribution in [3.63, 3.8) is 0 Å². The van der Waals surface area contributed by atoms with Crippen LogP contribution in [0, 0.1) is 0 Å². The molecule has 3 amide bonds. The van der Waals surface area contributed by atoms with Gasteiger partial charge in [-0.3, -0.25) is 4.79 Å². The molecule has 1 aliphatic rings. The molecule has 0 fully saturated rings. The molecule has 0 bridgehead atoms. The van der Waals surface area contributed by atoms with Crippen LogP contribution >= 0.6 is 0 Å². The Labute approximate surface area is 159 Å². The molecule has 3 rings (SSSR count). The highest BCUT2D eigenvalue weighted by Crippen LogP contribution is 2.31. The molecule has 0 atom stereocenters. The van der Waals surface area contributed by atoms with E-state index >= 15 is 0 Å². The van der Waals surface area contributed by atoms with E-state index in [1.807, 2.05) is 48.5 Å². The van der Waals surface area contributed by atoms with Crippen molar-refractivity contribution in [3.05, 3.63) is 59.7 Å². The number of nitrogens with one attached hydrogen (secondary N) is 1. The van der Waals surface area contributed by atoms with Crippen LogP contribution in [0.3, 0.4) is 0 Å². The topological polar surface area (TPSA) is 78.7 Å². The van der Waals surface area contributed by atoms with Gasteiger partial charge in [0.2, 0.25) is 5.91 Å². The Bertz CT molecular complexity index is 807. The molecule has 142 valence electrons. The lowest BCUT2D eigenvalue weighted by Gasteiger charge is -2.30. The molecule has 27 heavy (non-hydrogen) atoms. The molecule has 0 saturated heterocycles. The SMILES string of the molecule is CN(Cc1ccccc1)C(=O)NCCC(=O)N1CCCc2c(N)cccc21. The maximum atomic E-state index is 12.6. The van der Waals surface area contributed by atoms with Gasteiger partial charge in [0.05, 0.1) is 0 Å². The smallest absolute Gasteiger partial charge is 0.317 e. The van der Waals surface area contributed by atoms with Crippen LogP contribution in [0.5, 0.6) is 0 Å². The second-order valence-electron chi connectivity index (χ2n) is 6.82. The minimum absolute atomic E-state index is 0.00700. The van der Waals surface area contributed by atoms with E-state index in [2.05, 4.69) is 5.32 Å². The summed E-state index contributed by atoms with van der Waals surface area (Å²) < 4.78 is 0. The number of hydrogen-bond acceptors (Lipinski definition) is 3. The summed E-state index contributed by atoms with van der Waals surface area (Å²) in [6.07, 6.45) is 2.06. The average Bonchev–Trinajstić information content (AvgIpc) is 2.68. The molecule has 1 heterocycles. The Morgan fingerprint density at radius 3 is 2.70 bits per heavy atom. The second-order valence-corrected chi connectivity index (χ2v) is 6.82. The number of anilines is 2. The second kappa shape index (κ2) is 8.58. The summed E-state index contributed by atoms with van der Waals surface area (Å²) in [6.45, 7) is 1.53. The third-order valence-electron chi connectivity index (χ3n) is 4.81. The first kappa shape index (κ1) is 18.8. The van der Waals surface area contributed by atoms with Crippen LogP contribution in [-0.2, 0) is 17.8 Å². The van der Waals surface area contributed by atoms with E-state index in [1.54, 1.807) is 16.8 Å². The number of rotatable bonds is 5. The van der Waals surface area contributed by atoms with Crippen molar-refractivity contribution in [1.82, 2.24) is 10.2 Å². The summed E-state index contributed by atoms with van der Waals surface area (Å²) in [7, 11) is 1.74. The Hall–Kier alpha value is -3.02. The molecular formula is C21H26N4O2. The van der Waals surface area contributed by atoms with Crippen LogP contribution < -0.4 is 16.0 Å². The number of carbonyl (C=O) groups is 2. The molecule has 0 unspecified atom stereocenters. The zero-order chi connectivity index (χ0) is 19.2. The lowest BCUT2D eigenvalue weighted by atomic mass is 9.99. The van der Waals surface area contributed by atoms with Gasteiger partial charge in [0, 0.05) is 44.5 Å².